The first-order valence-electron chi connectivity index (χ1n) is 6.52. The number of rotatable bonds is 5. The lowest BCUT2D eigenvalue weighted by Gasteiger charge is -2.10. The van der Waals surface area contributed by atoms with E-state index in [0.29, 0.717) is 16.8 Å². The first-order valence-corrected chi connectivity index (χ1v) is 7.32. The number of hydrogen-bond acceptors (Lipinski definition) is 4. The molecule has 0 saturated heterocycles. The predicted octanol–water partition coefficient (Wildman–Crippen LogP) is 2.58. The van der Waals surface area contributed by atoms with E-state index < -0.39 is 0 Å². The highest BCUT2D eigenvalue weighted by Crippen LogP contribution is 2.10. The maximum Gasteiger partial charge on any atom is 0.268 e. The normalized spacial score (nSPS) is 10.6. The van der Waals surface area contributed by atoms with Gasteiger partial charge in [0.15, 0.2) is 0 Å². The molecule has 0 atom stereocenters. The molecule has 2 heterocycles. The molecular formula is C14H17BrN4O. The van der Waals surface area contributed by atoms with Crippen molar-refractivity contribution in [3.63, 3.8) is 0 Å². The molecule has 2 aromatic heterocycles. The number of nitrogens with one attached hydrogen (secondary N) is 1. The van der Waals surface area contributed by atoms with Crippen LogP contribution in [0.15, 0.2) is 33.8 Å². The summed E-state index contributed by atoms with van der Waals surface area (Å²) in [5.41, 5.74) is 1.76. The molecule has 5 nitrogen and oxygen atoms in total. The molecule has 1 N–H and O–H groups in total. The zero-order valence-electron chi connectivity index (χ0n) is 11.6. The second kappa shape index (κ2) is 6.65. The number of anilines is 1. The molecule has 0 aliphatic heterocycles. The zero-order valence-corrected chi connectivity index (χ0v) is 13.1. The molecule has 0 unspecified atom stereocenters. The number of halogens is 1. The van der Waals surface area contributed by atoms with E-state index in [-0.39, 0.29) is 5.56 Å². The maximum absolute atomic E-state index is 12.1. The Labute approximate surface area is 126 Å². The Balaban J connectivity index is 2.26. The van der Waals surface area contributed by atoms with Crippen molar-refractivity contribution in [3.05, 3.63) is 50.9 Å². The zero-order chi connectivity index (χ0) is 14.5. The summed E-state index contributed by atoms with van der Waals surface area (Å²) >= 11 is 3.21. The third-order valence-corrected chi connectivity index (χ3v) is 3.46. The lowest BCUT2D eigenvalue weighted by atomic mass is 10.3. The Morgan fingerprint density at radius 2 is 2.20 bits per heavy atom. The van der Waals surface area contributed by atoms with Crippen LogP contribution in [0.25, 0.3) is 0 Å². The van der Waals surface area contributed by atoms with Crippen molar-refractivity contribution < 1.29 is 0 Å². The van der Waals surface area contributed by atoms with Gasteiger partial charge in [-0.1, -0.05) is 6.92 Å². The van der Waals surface area contributed by atoms with Crippen molar-refractivity contribution in [2.75, 3.05) is 11.9 Å². The van der Waals surface area contributed by atoms with E-state index in [2.05, 4.69) is 38.1 Å². The van der Waals surface area contributed by atoms with Gasteiger partial charge in [-0.15, -0.1) is 0 Å². The van der Waals surface area contributed by atoms with E-state index in [9.17, 15) is 4.79 Å². The Morgan fingerprint density at radius 3 is 2.95 bits per heavy atom. The van der Waals surface area contributed by atoms with E-state index >= 15 is 0 Å². The third-order valence-electron chi connectivity index (χ3n) is 2.92. The molecule has 0 saturated carbocycles. The van der Waals surface area contributed by atoms with Gasteiger partial charge in [0.1, 0.15) is 10.3 Å². The Kier molecular flexibility index (Phi) is 4.89. The van der Waals surface area contributed by atoms with Crippen LogP contribution in [0, 0.1) is 6.92 Å². The largest absolute Gasteiger partial charge is 0.385 e. The topological polar surface area (TPSA) is 59.8 Å². The Bertz CT molecular complexity index is 654. The number of nitrogens with zero attached hydrogens (tertiary/aromatic N) is 3. The van der Waals surface area contributed by atoms with Gasteiger partial charge in [0.2, 0.25) is 0 Å². The average Bonchev–Trinajstić information content (AvgIpc) is 2.46. The predicted molar refractivity (Wildman–Crippen MR) is 83.1 cm³/mol. The smallest absolute Gasteiger partial charge is 0.268 e. The molecule has 6 heteroatoms. The van der Waals surface area contributed by atoms with Crippen molar-refractivity contribution in [1.29, 1.82) is 0 Å². The Morgan fingerprint density at radius 1 is 1.40 bits per heavy atom. The first kappa shape index (κ1) is 14.7. The van der Waals surface area contributed by atoms with E-state index in [1.165, 1.54) is 6.20 Å². The van der Waals surface area contributed by atoms with Gasteiger partial charge >= 0.3 is 0 Å². The summed E-state index contributed by atoms with van der Waals surface area (Å²) in [6.45, 7) is 5.26. The molecule has 0 amide bonds. The minimum atomic E-state index is -0.0915. The quantitative estimate of drug-likeness (QED) is 0.911. The first-order chi connectivity index (χ1) is 9.61. The SMILES string of the molecule is CCCNc1ccnc(Cn2c(C)ncc(Br)c2=O)c1. The molecule has 106 valence electrons. The van der Waals surface area contributed by atoms with E-state index in [4.69, 9.17) is 0 Å². The number of aryl methyl sites for hydroxylation is 1. The van der Waals surface area contributed by atoms with Crippen LogP contribution in [0.1, 0.15) is 24.9 Å². The van der Waals surface area contributed by atoms with Crippen LogP contribution in [0.5, 0.6) is 0 Å². The molecule has 0 radical (unpaired) electrons. The van der Waals surface area contributed by atoms with Gasteiger partial charge in [-0.3, -0.25) is 14.3 Å². The number of aromatic nitrogens is 3. The standard InChI is InChI=1S/C14H17BrN4O/c1-3-5-16-11-4-6-17-12(7-11)9-19-10(2)18-8-13(15)14(19)20/h4,6-8H,3,5,9H2,1-2H3,(H,16,17). The van der Waals surface area contributed by atoms with Crippen molar-refractivity contribution in [2.45, 2.75) is 26.8 Å². The molecule has 0 aliphatic rings. The van der Waals surface area contributed by atoms with Crippen molar-refractivity contribution in [1.82, 2.24) is 14.5 Å². The van der Waals surface area contributed by atoms with Gasteiger partial charge < -0.3 is 5.32 Å². The molecule has 0 aromatic carbocycles. The van der Waals surface area contributed by atoms with Crippen molar-refractivity contribution in [3.8, 4) is 0 Å². The molecule has 2 aromatic rings. The monoisotopic (exact) mass is 336 g/mol. The summed E-state index contributed by atoms with van der Waals surface area (Å²) in [6, 6.07) is 3.89. The van der Waals surface area contributed by atoms with Crippen molar-refractivity contribution >= 4 is 21.6 Å². The molecule has 0 bridgehead atoms. The van der Waals surface area contributed by atoms with Gasteiger partial charge in [-0.05, 0) is 41.4 Å². The summed E-state index contributed by atoms with van der Waals surface area (Å²) in [7, 11) is 0. The minimum Gasteiger partial charge on any atom is -0.385 e. The summed E-state index contributed by atoms with van der Waals surface area (Å²) in [4.78, 5) is 20.6. The highest BCUT2D eigenvalue weighted by Gasteiger charge is 2.07. The summed E-state index contributed by atoms with van der Waals surface area (Å²) in [5, 5.41) is 3.31. The molecule has 0 spiro atoms. The number of pyridine rings is 1. The number of hydrogen-bond donors (Lipinski definition) is 1. The fourth-order valence-corrected chi connectivity index (χ4v) is 2.16. The van der Waals surface area contributed by atoms with Gasteiger partial charge in [-0.2, -0.15) is 0 Å². The summed E-state index contributed by atoms with van der Waals surface area (Å²) < 4.78 is 2.07. The second-order valence-electron chi connectivity index (χ2n) is 4.51. The fraction of sp³-hybridized carbons (Fsp3) is 0.357. The maximum atomic E-state index is 12.1. The van der Waals surface area contributed by atoms with Gasteiger partial charge in [0.25, 0.3) is 5.56 Å². The van der Waals surface area contributed by atoms with Crippen LogP contribution in [-0.4, -0.2) is 21.1 Å². The Hall–Kier alpha value is -1.69. The van der Waals surface area contributed by atoms with Crippen LogP contribution in [-0.2, 0) is 6.54 Å². The lowest BCUT2D eigenvalue weighted by molar-refractivity contribution is 0.682. The minimum absolute atomic E-state index is 0.0915. The van der Waals surface area contributed by atoms with Crippen LogP contribution in [0.2, 0.25) is 0 Å². The van der Waals surface area contributed by atoms with Crippen molar-refractivity contribution in [2.24, 2.45) is 0 Å². The van der Waals surface area contributed by atoms with Gasteiger partial charge in [0.05, 0.1) is 12.2 Å². The fourth-order valence-electron chi connectivity index (χ4n) is 1.84. The van der Waals surface area contributed by atoms with Crippen LogP contribution in [0.4, 0.5) is 5.69 Å². The summed E-state index contributed by atoms with van der Waals surface area (Å²) in [5.74, 6) is 0.673. The molecule has 0 aliphatic carbocycles. The molecule has 2 rings (SSSR count). The van der Waals surface area contributed by atoms with Gasteiger partial charge in [-0.25, -0.2) is 4.98 Å². The van der Waals surface area contributed by atoms with E-state index in [0.717, 1.165) is 24.3 Å². The molecular weight excluding hydrogens is 320 g/mol. The average molecular weight is 337 g/mol. The van der Waals surface area contributed by atoms with Crippen LogP contribution < -0.4 is 10.9 Å². The molecule has 20 heavy (non-hydrogen) atoms. The van der Waals surface area contributed by atoms with E-state index in [1.54, 1.807) is 10.8 Å². The van der Waals surface area contributed by atoms with E-state index in [1.807, 2.05) is 19.1 Å². The summed E-state index contributed by atoms with van der Waals surface area (Å²) in [6.07, 6.45) is 4.34. The van der Waals surface area contributed by atoms with Crippen LogP contribution in [0.3, 0.4) is 0 Å². The lowest BCUT2D eigenvalue weighted by Crippen LogP contribution is -2.25. The highest BCUT2D eigenvalue weighted by molar-refractivity contribution is 9.10. The highest BCUT2D eigenvalue weighted by atomic mass is 79.9. The second-order valence-corrected chi connectivity index (χ2v) is 5.36. The van der Waals surface area contributed by atoms with Crippen LogP contribution >= 0.6 is 15.9 Å². The van der Waals surface area contributed by atoms with Gasteiger partial charge in [0, 0.05) is 24.6 Å². The third kappa shape index (κ3) is 3.45. The molecule has 0 fully saturated rings.